The molecule has 0 saturated carbocycles. The molecule has 1 heterocycles. The molecule has 1 atom stereocenters. The van der Waals surface area contributed by atoms with Gasteiger partial charge in [-0.15, -0.1) is 5.10 Å². The lowest BCUT2D eigenvalue weighted by molar-refractivity contribution is -0.121. The van der Waals surface area contributed by atoms with Gasteiger partial charge in [-0.1, -0.05) is 18.6 Å². The van der Waals surface area contributed by atoms with Crippen LogP contribution in [0.25, 0.3) is 0 Å². The summed E-state index contributed by atoms with van der Waals surface area (Å²) in [4.78, 5) is 11.6. The zero-order chi connectivity index (χ0) is 13.2. The molecule has 0 fully saturated rings. The summed E-state index contributed by atoms with van der Waals surface area (Å²) < 4.78 is 1.70. The van der Waals surface area contributed by atoms with Crippen LogP contribution in [-0.4, -0.2) is 34.0 Å². The van der Waals surface area contributed by atoms with Crippen LogP contribution in [0.3, 0.4) is 0 Å². The van der Waals surface area contributed by atoms with Crippen molar-refractivity contribution in [3.05, 3.63) is 12.4 Å². The largest absolute Gasteiger partial charge is 0.354 e. The van der Waals surface area contributed by atoms with Gasteiger partial charge in [-0.05, 0) is 25.3 Å². The molecular formula is C12H23N5O. The van der Waals surface area contributed by atoms with E-state index >= 15 is 0 Å². The molecule has 1 aromatic heterocycles. The second-order valence-corrected chi connectivity index (χ2v) is 4.41. The van der Waals surface area contributed by atoms with E-state index in [4.69, 9.17) is 5.73 Å². The van der Waals surface area contributed by atoms with Crippen LogP contribution in [-0.2, 0) is 11.3 Å². The molecule has 1 rings (SSSR count). The summed E-state index contributed by atoms with van der Waals surface area (Å²) in [5.41, 5.74) is 5.53. The second-order valence-electron chi connectivity index (χ2n) is 4.41. The van der Waals surface area contributed by atoms with Crippen LogP contribution in [0.5, 0.6) is 0 Å². The van der Waals surface area contributed by atoms with Crippen LogP contribution in [0.2, 0.25) is 0 Å². The third-order valence-electron chi connectivity index (χ3n) is 3.07. The van der Waals surface area contributed by atoms with E-state index in [1.807, 2.05) is 0 Å². The van der Waals surface area contributed by atoms with Gasteiger partial charge in [-0.3, -0.25) is 9.48 Å². The number of nitrogens with zero attached hydrogens (tertiary/aromatic N) is 3. The number of carbonyl (C=O) groups excluding carboxylic acids is 1. The van der Waals surface area contributed by atoms with Gasteiger partial charge in [-0.25, -0.2) is 0 Å². The average molecular weight is 253 g/mol. The smallest absolute Gasteiger partial charge is 0.220 e. The van der Waals surface area contributed by atoms with Gasteiger partial charge in [0.05, 0.1) is 12.7 Å². The number of hydrogen-bond donors (Lipinski definition) is 2. The van der Waals surface area contributed by atoms with Crippen LogP contribution in [0, 0.1) is 5.92 Å². The fourth-order valence-electron chi connectivity index (χ4n) is 1.87. The number of aromatic nitrogens is 3. The van der Waals surface area contributed by atoms with E-state index < -0.39 is 0 Å². The van der Waals surface area contributed by atoms with E-state index in [0.29, 0.717) is 32.0 Å². The normalized spacial score (nSPS) is 12.3. The van der Waals surface area contributed by atoms with Crippen LogP contribution in [0.15, 0.2) is 12.4 Å². The summed E-state index contributed by atoms with van der Waals surface area (Å²) in [5, 5.41) is 10.4. The third-order valence-corrected chi connectivity index (χ3v) is 3.07. The summed E-state index contributed by atoms with van der Waals surface area (Å²) in [5.74, 6) is 0.668. The highest BCUT2D eigenvalue weighted by molar-refractivity contribution is 5.75. The van der Waals surface area contributed by atoms with Crippen molar-refractivity contribution in [1.29, 1.82) is 0 Å². The summed E-state index contributed by atoms with van der Waals surface area (Å²) >= 11 is 0. The summed E-state index contributed by atoms with van der Waals surface area (Å²) in [6.07, 6.45) is 6.99. The highest BCUT2D eigenvalue weighted by Gasteiger charge is 2.08. The van der Waals surface area contributed by atoms with Gasteiger partial charge < -0.3 is 11.1 Å². The summed E-state index contributed by atoms with van der Waals surface area (Å²) in [6.45, 7) is 4.09. The molecule has 18 heavy (non-hydrogen) atoms. The molecule has 0 aliphatic rings. The van der Waals surface area contributed by atoms with Gasteiger partial charge in [0.25, 0.3) is 0 Å². The zero-order valence-corrected chi connectivity index (χ0v) is 11.0. The quantitative estimate of drug-likeness (QED) is 0.673. The Hall–Kier alpha value is -1.43. The number of amides is 1. The minimum atomic E-state index is 0.102. The zero-order valence-electron chi connectivity index (χ0n) is 11.0. The molecule has 0 spiro atoms. The van der Waals surface area contributed by atoms with Crippen LogP contribution < -0.4 is 11.1 Å². The van der Waals surface area contributed by atoms with Gasteiger partial charge in [0, 0.05) is 19.2 Å². The third kappa shape index (κ3) is 5.77. The van der Waals surface area contributed by atoms with Crippen molar-refractivity contribution in [2.75, 3.05) is 13.1 Å². The molecule has 3 N–H and O–H groups in total. The number of rotatable bonds is 9. The first-order valence-corrected chi connectivity index (χ1v) is 6.57. The maximum atomic E-state index is 11.6. The standard InChI is InChI=1S/C12H23N5O/c1-2-11(5-6-13)3-4-12(18)14-7-9-17-10-8-15-16-17/h8,10-11H,2-7,9,13H2,1H3,(H,14,18). The number of carbonyl (C=O) groups is 1. The second kappa shape index (κ2) is 8.63. The van der Waals surface area contributed by atoms with Crippen LogP contribution in [0.4, 0.5) is 0 Å². The molecule has 1 amide bonds. The Kier molecular flexibility index (Phi) is 7.01. The van der Waals surface area contributed by atoms with Crippen molar-refractivity contribution in [1.82, 2.24) is 20.3 Å². The molecule has 6 heteroatoms. The molecule has 6 nitrogen and oxygen atoms in total. The lowest BCUT2D eigenvalue weighted by Crippen LogP contribution is -2.27. The van der Waals surface area contributed by atoms with Crippen molar-refractivity contribution >= 4 is 5.91 Å². The molecule has 1 unspecified atom stereocenters. The van der Waals surface area contributed by atoms with E-state index in [9.17, 15) is 4.79 Å². The number of nitrogens with two attached hydrogens (primary N) is 1. The summed E-state index contributed by atoms with van der Waals surface area (Å²) in [6, 6.07) is 0. The van der Waals surface area contributed by atoms with Crippen molar-refractivity contribution < 1.29 is 4.79 Å². The fourth-order valence-corrected chi connectivity index (χ4v) is 1.87. The molecule has 0 aliphatic heterocycles. The topological polar surface area (TPSA) is 85.8 Å². The Labute approximate surface area is 108 Å². The average Bonchev–Trinajstić information content (AvgIpc) is 2.87. The Morgan fingerprint density at radius 2 is 2.33 bits per heavy atom. The van der Waals surface area contributed by atoms with E-state index in [1.165, 1.54) is 0 Å². The van der Waals surface area contributed by atoms with E-state index in [2.05, 4.69) is 22.6 Å². The lowest BCUT2D eigenvalue weighted by atomic mass is 9.96. The molecule has 0 bridgehead atoms. The van der Waals surface area contributed by atoms with Crippen LogP contribution >= 0.6 is 0 Å². The molecule has 0 saturated heterocycles. The highest BCUT2D eigenvalue weighted by atomic mass is 16.1. The number of hydrogen-bond acceptors (Lipinski definition) is 4. The van der Waals surface area contributed by atoms with Crippen molar-refractivity contribution in [3.8, 4) is 0 Å². The fraction of sp³-hybridized carbons (Fsp3) is 0.750. The lowest BCUT2D eigenvalue weighted by Gasteiger charge is -2.13. The first-order valence-electron chi connectivity index (χ1n) is 6.57. The van der Waals surface area contributed by atoms with E-state index in [-0.39, 0.29) is 5.91 Å². The molecular weight excluding hydrogens is 230 g/mol. The van der Waals surface area contributed by atoms with Gasteiger partial charge in [0.2, 0.25) is 5.91 Å². The van der Waals surface area contributed by atoms with E-state index in [0.717, 1.165) is 19.3 Å². The summed E-state index contributed by atoms with van der Waals surface area (Å²) in [7, 11) is 0. The maximum Gasteiger partial charge on any atom is 0.220 e. The Bertz CT molecular complexity index is 325. The molecule has 1 aromatic rings. The van der Waals surface area contributed by atoms with Crippen molar-refractivity contribution in [2.24, 2.45) is 11.7 Å². The van der Waals surface area contributed by atoms with E-state index in [1.54, 1.807) is 17.1 Å². The van der Waals surface area contributed by atoms with Gasteiger partial charge >= 0.3 is 0 Å². The molecule has 102 valence electrons. The highest BCUT2D eigenvalue weighted by Crippen LogP contribution is 2.14. The van der Waals surface area contributed by atoms with Gasteiger partial charge in [0.15, 0.2) is 0 Å². The van der Waals surface area contributed by atoms with Gasteiger partial charge in [-0.2, -0.15) is 0 Å². The first kappa shape index (κ1) is 14.6. The molecule has 0 aliphatic carbocycles. The SMILES string of the molecule is CCC(CCN)CCC(=O)NCCn1ccnn1. The first-order chi connectivity index (χ1) is 8.76. The van der Waals surface area contributed by atoms with Gasteiger partial charge in [0.1, 0.15) is 0 Å². The molecule has 0 aromatic carbocycles. The molecule has 0 radical (unpaired) electrons. The van der Waals surface area contributed by atoms with Crippen molar-refractivity contribution in [2.45, 2.75) is 39.2 Å². The monoisotopic (exact) mass is 253 g/mol. The Morgan fingerprint density at radius 1 is 1.50 bits per heavy atom. The van der Waals surface area contributed by atoms with Crippen molar-refractivity contribution in [3.63, 3.8) is 0 Å². The predicted molar refractivity (Wildman–Crippen MR) is 69.7 cm³/mol. The Balaban J connectivity index is 2.09. The maximum absolute atomic E-state index is 11.6. The minimum Gasteiger partial charge on any atom is -0.354 e. The minimum absolute atomic E-state index is 0.102. The van der Waals surface area contributed by atoms with Crippen LogP contribution in [0.1, 0.15) is 32.6 Å². The Morgan fingerprint density at radius 3 is 2.94 bits per heavy atom. The number of nitrogens with one attached hydrogen (secondary N) is 1. The predicted octanol–water partition coefficient (Wildman–Crippen LogP) is 0.550.